The van der Waals surface area contributed by atoms with Crippen LogP contribution in [0.4, 0.5) is 0 Å². The number of carbonyl (C=O) groups is 1. The first-order valence-corrected chi connectivity index (χ1v) is 8.95. The van der Waals surface area contributed by atoms with E-state index in [-0.39, 0.29) is 12.5 Å². The summed E-state index contributed by atoms with van der Waals surface area (Å²) < 4.78 is 23.2. The topological polar surface area (TPSA) is 69.6 Å². The van der Waals surface area contributed by atoms with Gasteiger partial charge in [-0.25, -0.2) is 0 Å². The van der Waals surface area contributed by atoms with E-state index in [1.54, 1.807) is 32.4 Å². The predicted octanol–water partition coefficient (Wildman–Crippen LogP) is 3.74. The van der Waals surface area contributed by atoms with Crippen molar-refractivity contribution in [1.29, 1.82) is 0 Å². The third-order valence-corrected chi connectivity index (χ3v) is 4.42. The van der Waals surface area contributed by atoms with Crippen molar-refractivity contribution in [2.75, 3.05) is 20.8 Å². The maximum absolute atomic E-state index is 12.1. The molecule has 1 aliphatic rings. The van der Waals surface area contributed by atoms with Crippen molar-refractivity contribution in [3.8, 4) is 17.2 Å². The lowest BCUT2D eigenvalue weighted by atomic mass is 10.1. The van der Waals surface area contributed by atoms with Crippen LogP contribution >= 0.6 is 15.9 Å². The molecule has 0 fully saturated rings. The van der Waals surface area contributed by atoms with Gasteiger partial charge in [0.15, 0.2) is 6.61 Å². The van der Waals surface area contributed by atoms with E-state index in [0.717, 1.165) is 4.47 Å². The van der Waals surface area contributed by atoms with Crippen LogP contribution in [-0.4, -0.2) is 37.6 Å². The zero-order valence-corrected chi connectivity index (χ0v) is 16.7. The molecule has 0 N–H and O–H groups in total. The summed E-state index contributed by atoms with van der Waals surface area (Å²) in [6.07, 6.45) is -0.754. The lowest BCUT2D eigenvalue weighted by Gasteiger charge is -2.21. The summed E-state index contributed by atoms with van der Waals surface area (Å²) in [7, 11) is 3.12. The van der Waals surface area contributed by atoms with Crippen LogP contribution in [0.3, 0.4) is 0 Å². The zero-order valence-electron chi connectivity index (χ0n) is 15.1. The molecule has 0 unspecified atom stereocenters. The Morgan fingerprint density at radius 3 is 2.48 bits per heavy atom. The van der Waals surface area contributed by atoms with Crippen LogP contribution in [-0.2, 0) is 9.53 Å². The largest absolute Gasteiger partial charge is 0.497 e. The summed E-state index contributed by atoms with van der Waals surface area (Å²) in [6.45, 7) is 1.51. The first kappa shape index (κ1) is 19.0. The highest BCUT2D eigenvalue weighted by molar-refractivity contribution is 9.10. The molecule has 1 atom stereocenters. The number of hydrogen-bond donors (Lipinski definition) is 0. The summed E-state index contributed by atoms with van der Waals surface area (Å²) >= 11 is 3.38. The highest BCUT2D eigenvalue weighted by Crippen LogP contribution is 2.36. The minimum Gasteiger partial charge on any atom is -0.497 e. The number of benzene rings is 2. The van der Waals surface area contributed by atoms with E-state index in [9.17, 15) is 4.79 Å². The lowest BCUT2D eigenvalue weighted by molar-refractivity contribution is -0.135. The number of amides is 1. The molecule has 27 heavy (non-hydrogen) atoms. The molecule has 1 aliphatic heterocycles. The molecule has 2 aromatic rings. The molecule has 0 spiro atoms. The fourth-order valence-electron chi connectivity index (χ4n) is 2.58. The van der Waals surface area contributed by atoms with Gasteiger partial charge >= 0.3 is 0 Å². The molecule has 0 radical (unpaired) electrons. The van der Waals surface area contributed by atoms with E-state index in [2.05, 4.69) is 21.0 Å². The molecule has 0 aromatic heterocycles. The van der Waals surface area contributed by atoms with Gasteiger partial charge in [0.1, 0.15) is 17.2 Å². The monoisotopic (exact) mass is 434 g/mol. The molecule has 0 bridgehead atoms. The van der Waals surface area contributed by atoms with Gasteiger partial charge in [0.05, 0.1) is 19.8 Å². The predicted molar refractivity (Wildman–Crippen MR) is 103 cm³/mol. The second-order valence-corrected chi connectivity index (χ2v) is 6.59. The zero-order chi connectivity index (χ0) is 19.4. The van der Waals surface area contributed by atoms with E-state index >= 15 is 0 Å². The second-order valence-electron chi connectivity index (χ2n) is 5.68. The number of ether oxygens (including phenoxy) is 4. The van der Waals surface area contributed by atoms with Gasteiger partial charge in [0.2, 0.25) is 18.0 Å². The molecule has 3 rings (SSSR count). The molecule has 0 aliphatic carbocycles. The summed E-state index contributed by atoms with van der Waals surface area (Å²) in [5, 5.41) is 5.52. The van der Waals surface area contributed by atoms with Gasteiger partial charge in [-0.1, -0.05) is 15.9 Å². The Morgan fingerprint density at radius 1 is 1.15 bits per heavy atom. The van der Waals surface area contributed by atoms with Gasteiger partial charge in [-0.15, -0.1) is 5.10 Å². The molecule has 142 valence electrons. The van der Waals surface area contributed by atoms with Crippen molar-refractivity contribution >= 4 is 27.7 Å². The molecular formula is C19H19BrN2O5. The Balaban J connectivity index is 1.80. The highest BCUT2D eigenvalue weighted by Gasteiger charge is 2.35. The van der Waals surface area contributed by atoms with E-state index in [1.165, 1.54) is 11.9 Å². The number of nitrogens with zero attached hydrogens (tertiary/aromatic N) is 2. The molecule has 0 saturated heterocycles. The minimum atomic E-state index is -0.754. The summed E-state index contributed by atoms with van der Waals surface area (Å²) in [4.78, 5) is 12.1. The first-order valence-electron chi connectivity index (χ1n) is 8.16. The average molecular weight is 435 g/mol. The Hall–Kier alpha value is -2.74. The van der Waals surface area contributed by atoms with E-state index in [0.29, 0.717) is 28.7 Å². The summed E-state index contributed by atoms with van der Waals surface area (Å²) in [6, 6.07) is 12.7. The van der Waals surface area contributed by atoms with Crippen LogP contribution in [0.1, 0.15) is 18.7 Å². The lowest BCUT2D eigenvalue weighted by Crippen LogP contribution is -2.25. The molecule has 1 heterocycles. The van der Waals surface area contributed by atoms with Gasteiger partial charge in [-0.05, 0) is 42.5 Å². The van der Waals surface area contributed by atoms with Gasteiger partial charge < -0.3 is 18.9 Å². The van der Waals surface area contributed by atoms with Gasteiger partial charge in [0, 0.05) is 11.4 Å². The van der Waals surface area contributed by atoms with Gasteiger partial charge in [0.25, 0.3) is 0 Å². The van der Waals surface area contributed by atoms with E-state index < -0.39 is 6.23 Å². The van der Waals surface area contributed by atoms with Crippen LogP contribution in [0.5, 0.6) is 17.2 Å². The van der Waals surface area contributed by atoms with Crippen molar-refractivity contribution in [3.63, 3.8) is 0 Å². The van der Waals surface area contributed by atoms with E-state index in [4.69, 9.17) is 18.9 Å². The normalized spacial score (nSPS) is 15.8. The SMILES string of the molecule is COc1ccc(OC)c([C@H]2OC(COc3ccc(Br)cc3)=NN2C(C)=O)c1. The standard InChI is InChI=1S/C19H19BrN2O5/c1-12(23)22-19(16-10-15(24-2)8-9-17(16)25-3)27-18(21-22)11-26-14-6-4-13(20)5-7-14/h4-10,19H,11H2,1-3H3/t19-/m1/s1. The molecule has 2 aromatic carbocycles. The highest BCUT2D eigenvalue weighted by atomic mass is 79.9. The maximum atomic E-state index is 12.1. The Labute approximate surface area is 165 Å². The molecule has 1 amide bonds. The Morgan fingerprint density at radius 2 is 1.85 bits per heavy atom. The van der Waals surface area contributed by atoms with Crippen LogP contribution in [0.25, 0.3) is 0 Å². The summed E-state index contributed by atoms with van der Waals surface area (Å²) in [5.41, 5.74) is 0.634. The number of hydrazone groups is 1. The van der Waals surface area contributed by atoms with Crippen molar-refractivity contribution < 1.29 is 23.7 Å². The van der Waals surface area contributed by atoms with Crippen LogP contribution < -0.4 is 14.2 Å². The van der Waals surface area contributed by atoms with Crippen LogP contribution in [0, 0.1) is 0 Å². The molecule has 0 saturated carbocycles. The number of rotatable bonds is 6. The van der Waals surface area contributed by atoms with Gasteiger partial charge in [-0.3, -0.25) is 4.79 Å². The minimum absolute atomic E-state index is 0.0915. The molecule has 7 nitrogen and oxygen atoms in total. The third kappa shape index (κ3) is 4.33. The van der Waals surface area contributed by atoms with Crippen molar-refractivity contribution in [1.82, 2.24) is 5.01 Å². The smallest absolute Gasteiger partial charge is 0.247 e. The Kier molecular flexibility index (Phi) is 5.85. The first-order chi connectivity index (χ1) is 13.0. The number of hydrogen-bond acceptors (Lipinski definition) is 6. The number of methoxy groups -OCH3 is 2. The van der Waals surface area contributed by atoms with Crippen molar-refractivity contribution in [2.45, 2.75) is 13.2 Å². The fourth-order valence-corrected chi connectivity index (χ4v) is 2.84. The average Bonchev–Trinajstić information content (AvgIpc) is 3.11. The molecular weight excluding hydrogens is 416 g/mol. The maximum Gasteiger partial charge on any atom is 0.247 e. The second kappa shape index (κ2) is 8.30. The van der Waals surface area contributed by atoms with Crippen molar-refractivity contribution in [2.24, 2.45) is 5.10 Å². The van der Waals surface area contributed by atoms with Crippen LogP contribution in [0.15, 0.2) is 52.0 Å². The fraction of sp³-hybridized carbons (Fsp3) is 0.263. The van der Waals surface area contributed by atoms with Gasteiger partial charge in [-0.2, -0.15) is 5.01 Å². The van der Waals surface area contributed by atoms with Crippen LogP contribution in [0.2, 0.25) is 0 Å². The van der Waals surface area contributed by atoms with Crippen molar-refractivity contribution in [3.05, 3.63) is 52.5 Å². The summed E-state index contributed by atoms with van der Waals surface area (Å²) in [5.74, 6) is 1.89. The third-order valence-electron chi connectivity index (χ3n) is 3.89. The number of carbonyl (C=O) groups excluding carboxylic acids is 1. The number of halogens is 1. The molecule has 8 heteroatoms. The Bertz CT molecular complexity index is 854. The van der Waals surface area contributed by atoms with E-state index in [1.807, 2.05) is 24.3 Å². The quantitative estimate of drug-likeness (QED) is 0.692.